The Labute approximate surface area is 220 Å². The molecular formula is C24H31ClN4O3S3. The minimum Gasteiger partial charge on any atom is -0.309 e. The zero-order valence-corrected chi connectivity index (χ0v) is 23.4. The predicted molar refractivity (Wildman–Crippen MR) is 145 cm³/mol. The molecule has 1 amide bonds. The predicted octanol–water partition coefficient (Wildman–Crippen LogP) is 4.96. The zero-order valence-electron chi connectivity index (χ0n) is 20.2. The van der Waals surface area contributed by atoms with Crippen LogP contribution in [0.2, 0.25) is 4.34 Å². The van der Waals surface area contributed by atoms with Crippen LogP contribution in [0.25, 0.3) is 10.2 Å². The van der Waals surface area contributed by atoms with Crippen molar-refractivity contribution < 1.29 is 13.2 Å². The Kier molecular flexibility index (Phi) is 8.50. The van der Waals surface area contributed by atoms with Crippen molar-refractivity contribution in [1.29, 1.82) is 0 Å². The van der Waals surface area contributed by atoms with Gasteiger partial charge in [0.25, 0.3) is 10.0 Å². The third-order valence-corrected chi connectivity index (χ3v) is 10.8. The summed E-state index contributed by atoms with van der Waals surface area (Å²) < 4.78 is 29.5. The van der Waals surface area contributed by atoms with E-state index in [4.69, 9.17) is 16.6 Å². The number of aryl methyl sites for hydroxylation is 1. The van der Waals surface area contributed by atoms with Crippen molar-refractivity contribution in [3.8, 4) is 0 Å². The Balaban J connectivity index is 1.58. The molecule has 0 bridgehead atoms. The topological polar surface area (TPSA) is 73.8 Å². The number of thiophene rings is 1. The number of hydrogen-bond acceptors (Lipinski definition) is 7. The van der Waals surface area contributed by atoms with Crippen molar-refractivity contribution in [3.63, 3.8) is 0 Å². The standard InChI is InChI=1S/C24H31ClN4O3S3/c1-4-17-8-9-19-20(15-17)33-24(26-19)29(14-6-12-27(2)3)23(30)18-7-5-13-28(16-18)35(31,32)22-11-10-21(25)34-22/h8-11,15,18H,4-7,12-14,16H2,1-3H3. The highest BCUT2D eigenvalue weighted by Gasteiger charge is 2.36. The van der Waals surface area contributed by atoms with E-state index in [1.807, 2.05) is 20.2 Å². The smallest absolute Gasteiger partial charge is 0.252 e. The molecule has 1 atom stereocenters. The largest absolute Gasteiger partial charge is 0.309 e. The van der Waals surface area contributed by atoms with E-state index >= 15 is 0 Å². The molecule has 1 fully saturated rings. The van der Waals surface area contributed by atoms with Gasteiger partial charge >= 0.3 is 0 Å². The van der Waals surface area contributed by atoms with Crippen LogP contribution in [0.3, 0.4) is 0 Å². The number of carbonyl (C=O) groups excluding carboxylic acids is 1. The van der Waals surface area contributed by atoms with Crippen LogP contribution in [0, 0.1) is 5.92 Å². The number of carbonyl (C=O) groups is 1. The van der Waals surface area contributed by atoms with E-state index in [1.165, 1.54) is 27.3 Å². The number of benzene rings is 1. The van der Waals surface area contributed by atoms with Crippen molar-refractivity contribution in [2.75, 3.05) is 45.2 Å². The summed E-state index contributed by atoms with van der Waals surface area (Å²) >= 11 is 8.56. The normalized spacial score (nSPS) is 17.3. The second-order valence-corrected chi connectivity index (χ2v) is 13.9. The molecule has 3 aromatic rings. The Bertz CT molecular complexity index is 1290. The third-order valence-electron chi connectivity index (χ3n) is 6.21. The molecule has 190 valence electrons. The molecule has 0 radical (unpaired) electrons. The van der Waals surface area contributed by atoms with Gasteiger partial charge in [0.1, 0.15) is 4.21 Å². The number of amides is 1. The van der Waals surface area contributed by atoms with Gasteiger partial charge in [-0.05, 0) is 76.2 Å². The molecule has 0 aliphatic carbocycles. The molecule has 0 spiro atoms. The van der Waals surface area contributed by atoms with E-state index in [-0.39, 0.29) is 16.7 Å². The first kappa shape index (κ1) is 26.5. The SMILES string of the molecule is CCc1ccc2nc(N(CCCN(C)C)C(=O)C3CCCN(S(=O)(=O)c4ccc(Cl)s4)C3)sc2c1. The zero-order chi connectivity index (χ0) is 25.2. The van der Waals surface area contributed by atoms with Crippen LogP contribution in [-0.4, -0.2) is 68.8 Å². The first-order valence-corrected chi connectivity index (χ1v) is 15.2. The number of fused-ring (bicyclic) bond motifs is 1. The number of rotatable bonds is 9. The molecule has 4 rings (SSSR count). The van der Waals surface area contributed by atoms with Crippen molar-refractivity contribution in [2.45, 2.75) is 36.8 Å². The molecule has 1 unspecified atom stereocenters. The van der Waals surface area contributed by atoms with Gasteiger partial charge in [-0.3, -0.25) is 9.69 Å². The summed E-state index contributed by atoms with van der Waals surface area (Å²) in [5.41, 5.74) is 2.12. The fourth-order valence-corrected chi connectivity index (χ4v) is 8.51. The van der Waals surface area contributed by atoms with Gasteiger partial charge in [-0.2, -0.15) is 4.31 Å². The quantitative estimate of drug-likeness (QED) is 0.374. The summed E-state index contributed by atoms with van der Waals surface area (Å²) in [6, 6.07) is 9.35. The van der Waals surface area contributed by atoms with E-state index in [0.29, 0.717) is 35.4 Å². The maximum absolute atomic E-state index is 13.8. The maximum Gasteiger partial charge on any atom is 0.252 e. The molecule has 35 heavy (non-hydrogen) atoms. The monoisotopic (exact) mass is 554 g/mol. The van der Waals surface area contributed by atoms with Gasteiger partial charge in [0.15, 0.2) is 5.13 Å². The van der Waals surface area contributed by atoms with Gasteiger partial charge in [0.05, 0.1) is 20.5 Å². The maximum atomic E-state index is 13.8. The molecule has 3 heterocycles. The number of hydrogen-bond donors (Lipinski definition) is 0. The fourth-order valence-electron chi connectivity index (χ4n) is 4.28. The van der Waals surface area contributed by atoms with Crippen molar-refractivity contribution in [1.82, 2.24) is 14.2 Å². The summed E-state index contributed by atoms with van der Waals surface area (Å²) in [7, 11) is 0.344. The summed E-state index contributed by atoms with van der Waals surface area (Å²) in [5.74, 6) is -0.464. The first-order chi connectivity index (χ1) is 16.7. The lowest BCUT2D eigenvalue weighted by Crippen LogP contribution is -2.47. The lowest BCUT2D eigenvalue weighted by Gasteiger charge is -2.33. The lowest BCUT2D eigenvalue weighted by atomic mass is 9.98. The molecule has 1 aliphatic heterocycles. The van der Waals surface area contributed by atoms with Crippen LogP contribution >= 0.6 is 34.3 Å². The number of anilines is 1. The van der Waals surface area contributed by atoms with Gasteiger partial charge in [-0.25, -0.2) is 13.4 Å². The van der Waals surface area contributed by atoms with E-state index in [9.17, 15) is 13.2 Å². The Morgan fingerprint density at radius 1 is 1.20 bits per heavy atom. The highest BCUT2D eigenvalue weighted by Crippen LogP contribution is 2.34. The second-order valence-electron chi connectivity index (χ2n) is 9.06. The Morgan fingerprint density at radius 3 is 2.69 bits per heavy atom. The molecule has 1 aromatic carbocycles. The highest BCUT2D eigenvalue weighted by atomic mass is 35.5. The molecule has 11 heteroatoms. The molecular weight excluding hydrogens is 524 g/mol. The van der Waals surface area contributed by atoms with Crippen LogP contribution in [0.5, 0.6) is 0 Å². The van der Waals surface area contributed by atoms with E-state index in [2.05, 4.69) is 24.0 Å². The minimum atomic E-state index is -3.68. The molecule has 1 aliphatic rings. The van der Waals surface area contributed by atoms with Gasteiger partial charge < -0.3 is 4.90 Å². The van der Waals surface area contributed by atoms with Crippen LogP contribution in [-0.2, 0) is 21.2 Å². The van der Waals surface area contributed by atoms with Crippen LogP contribution in [0.1, 0.15) is 31.7 Å². The number of piperidine rings is 1. The van der Waals surface area contributed by atoms with Crippen LogP contribution in [0.4, 0.5) is 5.13 Å². The van der Waals surface area contributed by atoms with Gasteiger partial charge in [-0.1, -0.05) is 35.9 Å². The Hall–Kier alpha value is -1.56. The molecule has 0 N–H and O–H groups in total. The molecule has 2 aromatic heterocycles. The fraction of sp³-hybridized carbons (Fsp3) is 0.500. The minimum absolute atomic E-state index is 0.0531. The van der Waals surface area contributed by atoms with Crippen molar-refractivity contribution in [3.05, 3.63) is 40.2 Å². The van der Waals surface area contributed by atoms with E-state index in [0.717, 1.165) is 40.9 Å². The number of sulfonamides is 1. The molecule has 1 saturated heterocycles. The van der Waals surface area contributed by atoms with E-state index < -0.39 is 15.9 Å². The summed E-state index contributed by atoms with van der Waals surface area (Å²) in [6.07, 6.45) is 3.04. The Morgan fingerprint density at radius 2 is 2.00 bits per heavy atom. The average molecular weight is 555 g/mol. The number of aromatic nitrogens is 1. The molecule has 7 nitrogen and oxygen atoms in total. The first-order valence-electron chi connectivity index (χ1n) is 11.8. The van der Waals surface area contributed by atoms with Crippen LogP contribution < -0.4 is 4.90 Å². The van der Waals surface area contributed by atoms with Crippen molar-refractivity contribution >= 4 is 65.6 Å². The van der Waals surface area contributed by atoms with Gasteiger partial charge in [0, 0.05) is 19.6 Å². The summed E-state index contributed by atoms with van der Waals surface area (Å²) in [5, 5.41) is 0.682. The van der Waals surface area contributed by atoms with E-state index in [1.54, 1.807) is 11.0 Å². The van der Waals surface area contributed by atoms with Gasteiger partial charge in [0.2, 0.25) is 5.91 Å². The highest BCUT2D eigenvalue weighted by molar-refractivity contribution is 7.91. The lowest BCUT2D eigenvalue weighted by molar-refractivity contribution is -0.123. The molecule has 0 saturated carbocycles. The second kappa shape index (κ2) is 11.2. The van der Waals surface area contributed by atoms with Crippen molar-refractivity contribution in [2.24, 2.45) is 5.92 Å². The summed E-state index contributed by atoms with van der Waals surface area (Å²) in [6.45, 7) is 4.09. The average Bonchev–Trinajstić information content (AvgIpc) is 3.47. The number of thiazole rings is 1. The van der Waals surface area contributed by atoms with Crippen LogP contribution in [0.15, 0.2) is 34.5 Å². The number of halogens is 1. The number of nitrogens with zero attached hydrogens (tertiary/aromatic N) is 4. The third kappa shape index (κ3) is 6.06. The summed E-state index contributed by atoms with van der Waals surface area (Å²) in [4.78, 5) is 22.5. The van der Waals surface area contributed by atoms with Gasteiger partial charge in [-0.15, -0.1) is 11.3 Å².